The average molecular weight is 178 g/mol. The van der Waals surface area contributed by atoms with Crippen LogP contribution in [0.15, 0.2) is 18.3 Å². The van der Waals surface area contributed by atoms with Crippen LogP contribution in [0.25, 0.3) is 10.9 Å². The van der Waals surface area contributed by atoms with Crippen LogP contribution in [0.5, 0.6) is 0 Å². The maximum atomic E-state index is 13.2. The Morgan fingerprint density at radius 1 is 1.54 bits per heavy atom. The summed E-state index contributed by atoms with van der Waals surface area (Å²) in [6.07, 6.45) is 1.56. The molecule has 5 heteroatoms. The molecule has 13 heavy (non-hydrogen) atoms. The van der Waals surface area contributed by atoms with Gasteiger partial charge < -0.3 is 5.73 Å². The number of nitrogens with zero attached hydrogens (tertiary/aromatic N) is 1. The number of fused-ring (bicyclic) bond motifs is 1. The third-order valence-corrected chi connectivity index (χ3v) is 1.82. The first-order chi connectivity index (χ1) is 6.18. The lowest BCUT2D eigenvalue weighted by Crippen LogP contribution is -2.12. The molecule has 0 aliphatic carbocycles. The first-order valence-corrected chi connectivity index (χ1v) is 3.65. The van der Waals surface area contributed by atoms with Crippen molar-refractivity contribution in [1.82, 2.24) is 10.2 Å². The van der Waals surface area contributed by atoms with Crippen LogP contribution < -0.4 is 5.73 Å². The number of aromatic nitrogens is 2. The van der Waals surface area contributed by atoms with Crippen molar-refractivity contribution in [2.24, 2.45) is 5.73 Å². The number of benzene rings is 1. The molecule has 0 aliphatic heterocycles. The fourth-order valence-electron chi connectivity index (χ4n) is 1.17. The maximum absolute atomic E-state index is 13.2. The summed E-state index contributed by atoms with van der Waals surface area (Å²) in [7, 11) is 0. The third kappa shape index (κ3) is 1.14. The van der Waals surface area contributed by atoms with E-state index in [0.717, 1.165) is 5.39 Å². The van der Waals surface area contributed by atoms with Gasteiger partial charge in [-0.2, -0.15) is 5.10 Å². The second-order valence-electron chi connectivity index (χ2n) is 2.70. The zero-order valence-electron chi connectivity index (χ0n) is 6.63. The number of aromatic amines is 1. The summed E-state index contributed by atoms with van der Waals surface area (Å²) in [5.74, 6) is -0.787. The molecule has 1 aromatic heterocycles. The predicted octanol–water partition coefficient (Wildman–Crippen LogP) is 0.986. The van der Waals surface area contributed by atoms with Crippen molar-refractivity contribution in [1.29, 1.82) is 5.41 Å². The van der Waals surface area contributed by atoms with Gasteiger partial charge in [-0.05, 0) is 6.07 Å². The number of hydrogen-bond donors (Lipinski definition) is 3. The normalized spacial score (nSPS) is 10.5. The Morgan fingerprint density at radius 3 is 3.00 bits per heavy atom. The van der Waals surface area contributed by atoms with Gasteiger partial charge in [0.15, 0.2) is 0 Å². The Hall–Kier alpha value is -1.91. The number of amidine groups is 1. The van der Waals surface area contributed by atoms with Gasteiger partial charge in [-0.3, -0.25) is 10.5 Å². The lowest BCUT2D eigenvalue weighted by atomic mass is 10.1. The standard InChI is InChI=1S/C8H7FN4/c9-6-2-7-4(3-12-13-7)1-5(6)8(10)11/h1-3H,(H3,10,11)(H,12,13). The average Bonchev–Trinajstić information content (AvgIpc) is 2.48. The second kappa shape index (κ2) is 2.55. The van der Waals surface area contributed by atoms with E-state index in [1.807, 2.05) is 0 Å². The van der Waals surface area contributed by atoms with Gasteiger partial charge in [0.05, 0.1) is 17.3 Å². The first-order valence-electron chi connectivity index (χ1n) is 3.65. The molecular weight excluding hydrogens is 171 g/mol. The molecule has 0 amide bonds. The SMILES string of the molecule is N=C(N)c1cc2cn[nH]c2cc1F. The van der Waals surface area contributed by atoms with Gasteiger partial charge in [-0.25, -0.2) is 4.39 Å². The monoisotopic (exact) mass is 178 g/mol. The number of rotatable bonds is 1. The molecule has 1 heterocycles. The molecule has 66 valence electrons. The van der Waals surface area contributed by atoms with Gasteiger partial charge in [0.2, 0.25) is 0 Å². The predicted molar refractivity (Wildman–Crippen MR) is 47.1 cm³/mol. The highest BCUT2D eigenvalue weighted by Gasteiger charge is 2.07. The Balaban J connectivity index is 2.76. The molecule has 0 saturated heterocycles. The van der Waals surface area contributed by atoms with E-state index in [2.05, 4.69) is 10.2 Å². The summed E-state index contributed by atoms with van der Waals surface area (Å²) < 4.78 is 13.2. The van der Waals surface area contributed by atoms with Gasteiger partial charge >= 0.3 is 0 Å². The minimum absolute atomic E-state index is 0.105. The molecule has 0 unspecified atom stereocenters. The topological polar surface area (TPSA) is 78.6 Å². The van der Waals surface area contributed by atoms with E-state index in [0.29, 0.717) is 5.52 Å². The van der Waals surface area contributed by atoms with Crippen molar-refractivity contribution in [3.63, 3.8) is 0 Å². The molecule has 4 nitrogen and oxygen atoms in total. The number of nitrogens with one attached hydrogen (secondary N) is 2. The van der Waals surface area contributed by atoms with Crippen molar-refractivity contribution in [3.05, 3.63) is 29.7 Å². The molecule has 4 N–H and O–H groups in total. The van der Waals surface area contributed by atoms with Crippen molar-refractivity contribution >= 4 is 16.7 Å². The highest BCUT2D eigenvalue weighted by atomic mass is 19.1. The Labute approximate surface area is 73.1 Å². The molecule has 1 aromatic carbocycles. The minimum atomic E-state index is -0.510. The van der Waals surface area contributed by atoms with Crippen molar-refractivity contribution < 1.29 is 4.39 Å². The number of nitrogen functional groups attached to an aromatic ring is 1. The summed E-state index contributed by atoms with van der Waals surface area (Å²) in [4.78, 5) is 0. The van der Waals surface area contributed by atoms with Gasteiger partial charge in [0.25, 0.3) is 0 Å². The number of H-pyrrole nitrogens is 1. The van der Waals surface area contributed by atoms with Crippen molar-refractivity contribution in [2.75, 3.05) is 0 Å². The summed E-state index contributed by atoms with van der Waals surface area (Å²) >= 11 is 0. The van der Waals surface area contributed by atoms with Crippen LogP contribution in [0.4, 0.5) is 4.39 Å². The molecule has 0 radical (unpaired) electrons. The summed E-state index contributed by atoms with van der Waals surface area (Å²) in [6, 6.07) is 2.77. The zero-order chi connectivity index (χ0) is 9.42. The van der Waals surface area contributed by atoms with E-state index < -0.39 is 5.82 Å². The lowest BCUT2D eigenvalue weighted by Gasteiger charge is -1.99. The van der Waals surface area contributed by atoms with Crippen molar-refractivity contribution in [3.8, 4) is 0 Å². The smallest absolute Gasteiger partial charge is 0.136 e. The quantitative estimate of drug-likeness (QED) is 0.449. The minimum Gasteiger partial charge on any atom is -0.384 e. The molecule has 0 fully saturated rings. The fourth-order valence-corrected chi connectivity index (χ4v) is 1.17. The molecule has 0 bridgehead atoms. The second-order valence-corrected chi connectivity index (χ2v) is 2.70. The van der Waals surface area contributed by atoms with Crippen molar-refractivity contribution in [2.45, 2.75) is 0 Å². The molecule has 0 spiro atoms. The Bertz CT molecular complexity index is 474. The van der Waals surface area contributed by atoms with E-state index >= 15 is 0 Å². The maximum Gasteiger partial charge on any atom is 0.136 e. The van der Waals surface area contributed by atoms with Gasteiger partial charge in [-0.1, -0.05) is 0 Å². The van der Waals surface area contributed by atoms with Crippen LogP contribution >= 0.6 is 0 Å². The van der Waals surface area contributed by atoms with Crippen LogP contribution in [0, 0.1) is 11.2 Å². The van der Waals surface area contributed by atoms with E-state index in [9.17, 15) is 4.39 Å². The van der Waals surface area contributed by atoms with E-state index in [4.69, 9.17) is 11.1 Å². The van der Waals surface area contributed by atoms with Crippen LogP contribution in [0.2, 0.25) is 0 Å². The zero-order valence-corrected chi connectivity index (χ0v) is 6.63. The van der Waals surface area contributed by atoms with Gasteiger partial charge in [0, 0.05) is 11.5 Å². The molecule has 0 saturated carbocycles. The third-order valence-electron chi connectivity index (χ3n) is 1.82. The van der Waals surface area contributed by atoms with E-state index in [1.165, 1.54) is 12.1 Å². The van der Waals surface area contributed by atoms with Crippen LogP contribution in [-0.4, -0.2) is 16.0 Å². The number of nitrogens with two attached hydrogens (primary N) is 1. The molecular formula is C8H7FN4. The van der Waals surface area contributed by atoms with Gasteiger partial charge in [0.1, 0.15) is 11.7 Å². The largest absolute Gasteiger partial charge is 0.384 e. The highest BCUT2D eigenvalue weighted by Crippen LogP contribution is 2.16. The highest BCUT2D eigenvalue weighted by molar-refractivity contribution is 5.98. The first kappa shape index (κ1) is 7.72. The summed E-state index contributed by atoms with van der Waals surface area (Å²) in [5.41, 5.74) is 5.89. The van der Waals surface area contributed by atoms with Gasteiger partial charge in [-0.15, -0.1) is 0 Å². The molecule has 2 rings (SSSR count). The van der Waals surface area contributed by atoms with E-state index in [-0.39, 0.29) is 11.4 Å². The number of halogens is 1. The fraction of sp³-hybridized carbons (Fsp3) is 0. The van der Waals surface area contributed by atoms with Crippen LogP contribution in [0.3, 0.4) is 0 Å². The molecule has 0 aliphatic rings. The molecule has 2 aromatic rings. The summed E-state index contributed by atoms with van der Waals surface area (Å²) in [6.45, 7) is 0. The lowest BCUT2D eigenvalue weighted by molar-refractivity contribution is 0.626. The summed E-state index contributed by atoms with van der Waals surface area (Å²) in [5, 5.41) is 14.2. The molecule has 0 atom stereocenters. The van der Waals surface area contributed by atoms with E-state index in [1.54, 1.807) is 6.20 Å². The van der Waals surface area contributed by atoms with Crippen LogP contribution in [0.1, 0.15) is 5.56 Å². The Morgan fingerprint density at radius 2 is 2.31 bits per heavy atom. The van der Waals surface area contributed by atoms with Crippen LogP contribution in [-0.2, 0) is 0 Å². The number of hydrogen-bond acceptors (Lipinski definition) is 2. The Kier molecular flexibility index (Phi) is 1.51.